The van der Waals surface area contributed by atoms with Crippen molar-refractivity contribution in [3.8, 4) is 0 Å². The highest BCUT2D eigenvalue weighted by Crippen LogP contribution is 2.30. The summed E-state index contributed by atoms with van der Waals surface area (Å²) in [5, 5.41) is 173. The number of hydrogen-bond acceptors (Lipinski definition) is 26. The molecule has 0 spiro atoms. The summed E-state index contributed by atoms with van der Waals surface area (Å²) >= 11 is 0. The first kappa shape index (κ1) is 46.0. The Labute approximate surface area is 316 Å². The Hall–Kier alpha value is -1.04. The fourth-order valence-corrected chi connectivity index (χ4v) is 6.61. The zero-order valence-corrected chi connectivity index (χ0v) is 29.2. The second kappa shape index (κ2) is 19.6. The lowest BCUT2D eigenvalue weighted by molar-refractivity contribution is -0.350. The molecular weight excluding hydrogens is 776 g/mol. The van der Waals surface area contributed by atoms with E-state index in [2.05, 4.69) is 0 Å². The van der Waals surface area contributed by atoms with Crippen molar-refractivity contribution in [2.24, 2.45) is 0 Å². The van der Waals surface area contributed by atoms with Crippen molar-refractivity contribution in [3.05, 3.63) is 0 Å². The van der Waals surface area contributed by atoms with Gasteiger partial charge in [-0.1, -0.05) is 0 Å². The molecule has 26 nitrogen and oxygen atoms in total. The molecule has 5 saturated heterocycles. The van der Waals surface area contributed by atoms with E-state index in [-0.39, 0.29) is 0 Å². The summed E-state index contributed by atoms with van der Waals surface area (Å²) in [5.74, 6) is 0. The standard InChI is InChI=1S/C30H52O26/c31-1-6-11(32)17(38)22(43)27(53-6)49-3-8-13(34)19(40)24(45)29(55-8)51-5-10-15(36)20(41)25(46)30(56-10)50-4-9-14(35)18(39)23(44)28(54-9)48-2-7-12(33)16(37)21(42)26(47)52-7/h6-47H,1-5H2/t6-,7-,8-,9-,10-,11-,12-,13-,14-,15+,16+,17+,18+,19+,20+,21-,22-,23-,24-,25-,26?,27-,28-,29-,30-/m1/s1. The molecule has 5 fully saturated rings. The fourth-order valence-electron chi connectivity index (χ4n) is 6.61. The maximum absolute atomic E-state index is 10.6. The van der Waals surface area contributed by atoms with Crippen LogP contribution >= 0.6 is 0 Å². The third-order valence-corrected chi connectivity index (χ3v) is 10.2. The second-order valence-electron chi connectivity index (χ2n) is 14.1. The molecule has 0 aromatic heterocycles. The van der Waals surface area contributed by atoms with E-state index in [0.717, 1.165) is 0 Å². The molecule has 5 aliphatic heterocycles. The van der Waals surface area contributed by atoms with Crippen molar-refractivity contribution in [3.63, 3.8) is 0 Å². The maximum atomic E-state index is 10.6. The van der Waals surface area contributed by atoms with Gasteiger partial charge in [0.25, 0.3) is 0 Å². The first-order valence-electron chi connectivity index (χ1n) is 17.6. The summed E-state index contributed by atoms with van der Waals surface area (Å²) in [7, 11) is 0. The van der Waals surface area contributed by atoms with E-state index in [1.165, 1.54) is 0 Å². The van der Waals surface area contributed by atoms with E-state index in [9.17, 15) is 86.8 Å². The van der Waals surface area contributed by atoms with Gasteiger partial charge in [-0.3, -0.25) is 0 Å². The molecule has 26 heteroatoms. The Bertz CT molecular complexity index is 1210. The number of aliphatic hydroxyl groups excluding tert-OH is 17. The van der Waals surface area contributed by atoms with Gasteiger partial charge in [0.2, 0.25) is 0 Å². The average molecular weight is 829 g/mol. The molecule has 5 rings (SSSR count). The van der Waals surface area contributed by atoms with Crippen LogP contribution in [-0.4, -0.2) is 273 Å². The lowest BCUT2D eigenvalue weighted by Crippen LogP contribution is -2.63. The van der Waals surface area contributed by atoms with Gasteiger partial charge in [-0.15, -0.1) is 0 Å². The van der Waals surface area contributed by atoms with Gasteiger partial charge < -0.3 is 129 Å². The Morgan fingerprint density at radius 1 is 0.268 bits per heavy atom. The van der Waals surface area contributed by atoms with Gasteiger partial charge in [-0.2, -0.15) is 0 Å². The fraction of sp³-hybridized carbons (Fsp3) is 1.00. The number of rotatable bonds is 13. The minimum absolute atomic E-state index is 0.669. The van der Waals surface area contributed by atoms with Crippen LogP contribution in [0.3, 0.4) is 0 Å². The zero-order chi connectivity index (χ0) is 41.3. The molecule has 0 radical (unpaired) electrons. The van der Waals surface area contributed by atoms with Crippen molar-refractivity contribution in [1.82, 2.24) is 0 Å². The van der Waals surface area contributed by atoms with Crippen molar-refractivity contribution in [2.45, 2.75) is 154 Å². The third kappa shape index (κ3) is 9.77. The molecular formula is C30H52O26. The molecule has 0 aromatic rings. The maximum Gasteiger partial charge on any atom is 0.186 e. The molecule has 5 aliphatic rings. The van der Waals surface area contributed by atoms with Crippen molar-refractivity contribution < 1.29 is 129 Å². The van der Waals surface area contributed by atoms with Crippen LogP contribution in [0.25, 0.3) is 0 Å². The largest absolute Gasteiger partial charge is 0.394 e. The van der Waals surface area contributed by atoms with E-state index in [0.29, 0.717) is 0 Å². The Kier molecular flexibility index (Phi) is 16.1. The first-order chi connectivity index (χ1) is 26.4. The topological polar surface area (TPSA) is 427 Å². The van der Waals surface area contributed by atoms with Crippen molar-refractivity contribution >= 4 is 0 Å². The molecule has 0 amide bonds. The van der Waals surface area contributed by atoms with Crippen LogP contribution in [0.5, 0.6) is 0 Å². The summed E-state index contributed by atoms with van der Waals surface area (Å²) in [6, 6.07) is 0. The normalized spacial score (nSPS) is 53.2. The highest BCUT2D eigenvalue weighted by Gasteiger charge is 2.51. The molecule has 56 heavy (non-hydrogen) atoms. The molecule has 0 aliphatic carbocycles. The lowest BCUT2D eigenvalue weighted by Gasteiger charge is -2.44. The van der Waals surface area contributed by atoms with Gasteiger partial charge in [0.15, 0.2) is 31.5 Å². The summed E-state index contributed by atoms with van der Waals surface area (Å²) in [6.07, 6.45) is -44.0. The second-order valence-corrected chi connectivity index (χ2v) is 14.1. The summed E-state index contributed by atoms with van der Waals surface area (Å²) in [6.45, 7) is -3.57. The molecule has 328 valence electrons. The molecule has 0 saturated carbocycles. The van der Waals surface area contributed by atoms with Gasteiger partial charge in [0.1, 0.15) is 122 Å². The Morgan fingerprint density at radius 2 is 0.500 bits per heavy atom. The Morgan fingerprint density at radius 3 is 0.786 bits per heavy atom. The quantitative estimate of drug-likeness (QED) is 0.0819. The van der Waals surface area contributed by atoms with Crippen LogP contribution in [-0.2, 0) is 42.6 Å². The predicted octanol–water partition coefficient (Wildman–Crippen LogP) is -11.9. The number of aliphatic hydroxyl groups is 17. The summed E-state index contributed by atoms with van der Waals surface area (Å²) in [5.41, 5.74) is 0. The monoisotopic (exact) mass is 828 g/mol. The van der Waals surface area contributed by atoms with E-state index in [1.807, 2.05) is 0 Å². The molecule has 0 bridgehead atoms. The average Bonchev–Trinajstić information content (AvgIpc) is 3.18. The molecule has 1 unspecified atom stereocenters. The van der Waals surface area contributed by atoms with Crippen LogP contribution in [0.15, 0.2) is 0 Å². The summed E-state index contributed by atoms with van der Waals surface area (Å²) in [4.78, 5) is 0. The molecule has 0 aromatic carbocycles. The molecule has 5 heterocycles. The zero-order valence-electron chi connectivity index (χ0n) is 29.2. The third-order valence-electron chi connectivity index (χ3n) is 10.2. The van der Waals surface area contributed by atoms with E-state index in [1.54, 1.807) is 0 Å². The van der Waals surface area contributed by atoms with Crippen LogP contribution in [0.1, 0.15) is 0 Å². The van der Waals surface area contributed by atoms with E-state index < -0.39 is 187 Å². The van der Waals surface area contributed by atoms with Crippen LogP contribution in [0, 0.1) is 0 Å². The highest BCUT2D eigenvalue weighted by atomic mass is 16.8. The van der Waals surface area contributed by atoms with Crippen molar-refractivity contribution in [1.29, 1.82) is 0 Å². The first-order valence-corrected chi connectivity index (χ1v) is 17.6. The highest BCUT2D eigenvalue weighted by molar-refractivity contribution is 4.95. The van der Waals surface area contributed by atoms with Gasteiger partial charge in [-0.05, 0) is 0 Å². The SMILES string of the molecule is OC[C@H]1O[C@@H](OC[C@H]2O[C@@H](OC[C@H]3O[C@@H](OC[C@H]4O[C@@H](OC[C@H]5OC(O)[C@H](O)[C@@H](O)[C@@H]5O)[C@H](O)[C@@H](O)[C@@H]4O)[C@H](O)[C@@H](O)[C@H]3O)[C@H](O)[C@@H](O)[C@@H]2O)[C@H](O)[C@@H](O)[C@@H]1O. The van der Waals surface area contributed by atoms with E-state index in [4.69, 9.17) is 42.6 Å². The Balaban J connectivity index is 1.15. The molecule has 25 atom stereocenters. The number of hydrogen-bond donors (Lipinski definition) is 17. The van der Waals surface area contributed by atoms with Gasteiger partial charge >= 0.3 is 0 Å². The van der Waals surface area contributed by atoms with Crippen molar-refractivity contribution in [2.75, 3.05) is 33.0 Å². The van der Waals surface area contributed by atoms with Gasteiger partial charge in [0.05, 0.1) is 33.0 Å². The smallest absolute Gasteiger partial charge is 0.186 e. The minimum atomic E-state index is -1.96. The van der Waals surface area contributed by atoms with Crippen LogP contribution in [0.2, 0.25) is 0 Å². The van der Waals surface area contributed by atoms with Gasteiger partial charge in [-0.25, -0.2) is 0 Å². The van der Waals surface area contributed by atoms with E-state index >= 15 is 0 Å². The minimum Gasteiger partial charge on any atom is -0.394 e. The van der Waals surface area contributed by atoms with Crippen LogP contribution < -0.4 is 0 Å². The predicted molar refractivity (Wildman–Crippen MR) is 167 cm³/mol. The van der Waals surface area contributed by atoms with Gasteiger partial charge in [0, 0.05) is 0 Å². The number of ether oxygens (including phenoxy) is 9. The lowest BCUT2D eigenvalue weighted by atomic mass is 9.97. The van der Waals surface area contributed by atoms with Crippen LogP contribution in [0.4, 0.5) is 0 Å². The summed E-state index contributed by atoms with van der Waals surface area (Å²) < 4.78 is 48.5. The molecule has 17 N–H and O–H groups in total.